The summed E-state index contributed by atoms with van der Waals surface area (Å²) in [6.07, 6.45) is 0.772. The molecule has 0 amide bonds. The minimum atomic E-state index is 0.447. The zero-order valence-corrected chi connectivity index (χ0v) is 11.5. The van der Waals surface area contributed by atoms with Gasteiger partial charge in [0.25, 0.3) is 0 Å². The van der Waals surface area contributed by atoms with Gasteiger partial charge in [-0.05, 0) is 24.3 Å². The molecule has 0 atom stereocenters. The molecule has 0 saturated heterocycles. The molecule has 0 unspecified atom stereocenters. The summed E-state index contributed by atoms with van der Waals surface area (Å²) in [5.74, 6) is 0.763. The second-order valence-electron chi connectivity index (χ2n) is 4.05. The normalized spacial score (nSPS) is 10.1. The summed E-state index contributed by atoms with van der Waals surface area (Å²) in [7, 11) is 3.50. The standard InChI is InChI=1S/C15H14ClNO2/c1-17(11-5-3-6-12(9-11)19-2)15-8-4-7-14(16)13(15)10-18/h3-10H,1-2H3. The summed E-state index contributed by atoms with van der Waals surface area (Å²) < 4.78 is 5.20. The average Bonchev–Trinajstić information content (AvgIpc) is 2.46. The number of nitrogens with zero attached hydrogens (tertiary/aromatic N) is 1. The number of carbonyl (C=O) groups excluding carboxylic acids is 1. The fraction of sp³-hybridized carbons (Fsp3) is 0.133. The molecule has 0 fully saturated rings. The van der Waals surface area contributed by atoms with Gasteiger partial charge in [-0.15, -0.1) is 0 Å². The van der Waals surface area contributed by atoms with Crippen molar-refractivity contribution >= 4 is 29.3 Å². The minimum absolute atomic E-state index is 0.447. The van der Waals surface area contributed by atoms with Crippen LogP contribution in [0.4, 0.5) is 11.4 Å². The molecule has 3 nitrogen and oxygen atoms in total. The molecule has 0 aliphatic carbocycles. The summed E-state index contributed by atoms with van der Waals surface area (Å²) in [5.41, 5.74) is 2.16. The van der Waals surface area contributed by atoms with Gasteiger partial charge in [-0.25, -0.2) is 0 Å². The Balaban J connectivity index is 2.46. The lowest BCUT2D eigenvalue weighted by Crippen LogP contribution is -2.11. The topological polar surface area (TPSA) is 29.5 Å². The molecule has 0 bridgehead atoms. The van der Waals surface area contributed by atoms with Crippen molar-refractivity contribution in [2.75, 3.05) is 19.1 Å². The molecule has 0 heterocycles. The molecular weight excluding hydrogens is 262 g/mol. The number of aldehydes is 1. The molecule has 0 spiro atoms. The van der Waals surface area contributed by atoms with E-state index in [1.165, 1.54) is 0 Å². The van der Waals surface area contributed by atoms with Crippen molar-refractivity contribution in [1.82, 2.24) is 0 Å². The molecule has 4 heteroatoms. The fourth-order valence-corrected chi connectivity index (χ4v) is 2.11. The predicted octanol–water partition coefficient (Wildman–Crippen LogP) is 3.93. The Morgan fingerprint density at radius 3 is 2.63 bits per heavy atom. The largest absolute Gasteiger partial charge is 0.497 e. The van der Waals surface area contributed by atoms with E-state index in [2.05, 4.69) is 0 Å². The maximum atomic E-state index is 11.2. The highest BCUT2D eigenvalue weighted by Crippen LogP contribution is 2.31. The molecular formula is C15H14ClNO2. The number of hydrogen-bond donors (Lipinski definition) is 0. The van der Waals surface area contributed by atoms with Crippen molar-refractivity contribution in [1.29, 1.82) is 0 Å². The van der Waals surface area contributed by atoms with Crippen LogP contribution in [0.2, 0.25) is 5.02 Å². The predicted molar refractivity (Wildman–Crippen MR) is 77.9 cm³/mol. The van der Waals surface area contributed by atoms with Crippen LogP contribution in [-0.4, -0.2) is 20.4 Å². The number of methoxy groups -OCH3 is 1. The van der Waals surface area contributed by atoms with Crippen molar-refractivity contribution in [3.63, 3.8) is 0 Å². The summed E-state index contributed by atoms with van der Waals surface area (Å²) in [5, 5.41) is 0.447. The third kappa shape index (κ3) is 2.71. The summed E-state index contributed by atoms with van der Waals surface area (Å²) >= 11 is 6.04. The van der Waals surface area contributed by atoms with Crippen LogP contribution in [0.3, 0.4) is 0 Å². The molecule has 0 aliphatic heterocycles. The van der Waals surface area contributed by atoms with Gasteiger partial charge in [0.15, 0.2) is 6.29 Å². The first-order chi connectivity index (χ1) is 9.17. The molecule has 2 rings (SSSR count). The van der Waals surface area contributed by atoms with Gasteiger partial charge in [0.05, 0.1) is 23.4 Å². The maximum absolute atomic E-state index is 11.2. The van der Waals surface area contributed by atoms with Gasteiger partial charge in [0.2, 0.25) is 0 Å². The Bertz CT molecular complexity index is 598. The van der Waals surface area contributed by atoms with E-state index in [9.17, 15) is 4.79 Å². The SMILES string of the molecule is COc1cccc(N(C)c2cccc(Cl)c2C=O)c1. The fourth-order valence-electron chi connectivity index (χ4n) is 1.89. The lowest BCUT2D eigenvalue weighted by Gasteiger charge is -2.22. The number of halogens is 1. The van der Waals surface area contributed by atoms with Gasteiger partial charge in [-0.3, -0.25) is 4.79 Å². The maximum Gasteiger partial charge on any atom is 0.153 e. The lowest BCUT2D eigenvalue weighted by molar-refractivity contribution is 0.112. The molecule has 0 N–H and O–H groups in total. The van der Waals surface area contributed by atoms with Crippen LogP contribution in [0.5, 0.6) is 5.75 Å². The molecule has 98 valence electrons. The van der Waals surface area contributed by atoms with Gasteiger partial charge in [-0.1, -0.05) is 23.7 Å². The Labute approximate surface area is 117 Å². The zero-order valence-electron chi connectivity index (χ0n) is 10.8. The molecule has 2 aromatic carbocycles. The van der Waals surface area contributed by atoms with Crippen LogP contribution in [0.1, 0.15) is 10.4 Å². The van der Waals surface area contributed by atoms with Crippen molar-refractivity contribution in [2.45, 2.75) is 0 Å². The van der Waals surface area contributed by atoms with Gasteiger partial charge in [0, 0.05) is 18.8 Å². The van der Waals surface area contributed by atoms with E-state index in [1.54, 1.807) is 13.2 Å². The van der Waals surface area contributed by atoms with Crippen LogP contribution in [0, 0.1) is 0 Å². The van der Waals surface area contributed by atoms with E-state index in [-0.39, 0.29) is 0 Å². The van der Waals surface area contributed by atoms with E-state index < -0.39 is 0 Å². The van der Waals surface area contributed by atoms with Gasteiger partial charge in [-0.2, -0.15) is 0 Å². The first-order valence-corrected chi connectivity index (χ1v) is 6.16. The Morgan fingerprint density at radius 2 is 1.95 bits per heavy atom. The Hall–Kier alpha value is -2.00. The van der Waals surface area contributed by atoms with Crippen molar-refractivity contribution in [3.05, 3.63) is 53.1 Å². The third-order valence-corrected chi connectivity index (χ3v) is 3.28. The zero-order chi connectivity index (χ0) is 13.8. The number of rotatable bonds is 4. The van der Waals surface area contributed by atoms with Gasteiger partial charge >= 0.3 is 0 Å². The second kappa shape index (κ2) is 5.76. The van der Waals surface area contributed by atoms with E-state index >= 15 is 0 Å². The number of benzene rings is 2. The number of anilines is 2. The average molecular weight is 276 g/mol. The quantitative estimate of drug-likeness (QED) is 0.792. The molecule has 0 aromatic heterocycles. The summed E-state index contributed by atoms with van der Waals surface area (Å²) in [6.45, 7) is 0. The monoisotopic (exact) mass is 275 g/mol. The highest BCUT2D eigenvalue weighted by molar-refractivity contribution is 6.33. The Morgan fingerprint density at radius 1 is 1.21 bits per heavy atom. The van der Waals surface area contributed by atoms with Crippen molar-refractivity contribution in [3.8, 4) is 5.75 Å². The first kappa shape index (κ1) is 13.4. The lowest BCUT2D eigenvalue weighted by atomic mass is 10.1. The summed E-state index contributed by atoms with van der Waals surface area (Å²) in [4.78, 5) is 13.1. The van der Waals surface area contributed by atoms with Crippen molar-refractivity contribution in [2.24, 2.45) is 0 Å². The van der Waals surface area contributed by atoms with Crippen LogP contribution in [0.25, 0.3) is 0 Å². The van der Waals surface area contributed by atoms with Crippen LogP contribution in [0.15, 0.2) is 42.5 Å². The first-order valence-electron chi connectivity index (χ1n) is 5.79. The summed E-state index contributed by atoms with van der Waals surface area (Å²) in [6, 6.07) is 13.0. The number of hydrogen-bond acceptors (Lipinski definition) is 3. The molecule has 0 aliphatic rings. The molecule has 0 saturated carbocycles. The van der Waals surface area contributed by atoms with Gasteiger partial charge in [0.1, 0.15) is 5.75 Å². The van der Waals surface area contributed by atoms with E-state index in [0.717, 1.165) is 23.4 Å². The van der Waals surface area contributed by atoms with E-state index in [4.69, 9.17) is 16.3 Å². The van der Waals surface area contributed by atoms with Gasteiger partial charge < -0.3 is 9.64 Å². The molecule has 0 radical (unpaired) electrons. The second-order valence-corrected chi connectivity index (χ2v) is 4.46. The van der Waals surface area contributed by atoms with Crippen LogP contribution in [-0.2, 0) is 0 Å². The minimum Gasteiger partial charge on any atom is -0.497 e. The highest BCUT2D eigenvalue weighted by Gasteiger charge is 2.12. The smallest absolute Gasteiger partial charge is 0.153 e. The molecule has 2 aromatic rings. The van der Waals surface area contributed by atoms with E-state index in [1.807, 2.05) is 48.3 Å². The number of ether oxygens (including phenoxy) is 1. The molecule has 19 heavy (non-hydrogen) atoms. The highest BCUT2D eigenvalue weighted by atomic mass is 35.5. The third-order valence-electron chi connectivity index (χ3n) is 2.95. The van der Waals surface area contributed by atoms with E-state index in [0.29, 0.717) is 10.6 Å². The number of carbonyl (C=O) groups is 1. The van der Waals surface area contributed by atoms with Crippen LogP contribution < -0.4 is 9.64 Å². The van der Waals surface area contributed by atoms with Crippen molar-refractivity contribution < 1.29 is 9.53 Å². The Kier molecular flexibility index (Phi) is 4.07. The van der Waals surface area contributed by atoms with Crippen LogP contribution >= 0.6 is 11.6 Å².